The fourth-order valence-corrected chi connectivity index (χ4v) is 8.55. The summed E-state index contributed by atoms with van der Waals surface area (Å²) in [6.07, 6.45) is 0. The first-order valence-electron chi connectivity index (χ1n) is 10.5. The van der Waals surface area contributed by atoms with E-state index in [2.05, 4.69) is 121 Å². The number of benzene rings is 4. The molecule has 1 unspecified atom stereocenters. The molecule has 186 valence electrons. The number of hydrogen-bond acceptors (Lipinski definition) is 1. The molecule has 1 nitrogen and oxygen atoms in total. The fourth-order valence-electron chi connectivity index (χ4n) is 3.98. The van der Waals surface area contributed by atoms with Crippen LogP contribution in [0, 0.1) is 0 Å². The van der Waals surface area contributed by atoms with Gasteiger partial charge in [-0.05, 0) is 36.4 Å². The van der Waals surface area contributed by atoms with Gasteiger partial charge in [0, 0.05) is 12.7 Å². The Morgan fingerprint density at radius 1 is 0.514 bits per heavy atom. The van der Waals surface area contributed by atoms with E-state index in [1.165, 1.54) is 21.5 Å². The van der Waals surface area contributed by atoms with E-state index in [-0.39, 0.29) is 5.85 Å². The van der Waals surface area contributed by atoms with Crippen molar-refractivity contribution in [3.8, 4) is 0 Å². The van der Waals surface area contributed by atoms with Crippen LogP contribution in [0.5, 0.6) is 0 Å². The average Bonchev–Trinajstić information content (AvgIpc) is 2.83. The van der Waals surface area contributed by atoms with E-state index >= 15 is 0 Å². The summed E-state index contributed by atoms with van der Waals surface area (Å²) in [5, 5.41) is 3.97. The van der Waals surface area contributed by atoms with Crippen molar-refractivity contribution in [3.05, 3.63) is 127 Å². The molecule has 0 heterocycles. The topological polar surface area (TPSA) is 9.23 Å². The van der Waals surface area contributed by atoms with Gasteiger partial charge in [0.2, 0.25) is 5.85 Å². The monoisotopic (exact) mass is 528 g/mol. The molecular weight excluding hydrogens is 504 g/mol. The SMILES string of the molecule is COC(c1ccccc1)[P+](c1ccccc1)(c1ccccc1)c1ccccc1.F[P-](F)(F)(F)(F)F. The number of methoxy groups -OCH3 is 1. The standard InChI is InChI=1S/C26H24OP.F6P/c1-27-26(22-14-6-2-7-15-22)28(23-16-8-3-9-17-23,24-18-10-4-11-19-24)25-20-12-5-13-21-25;1-7(2,3,4,5)6/h2-21,26H,1H3;/q+1;-1. The first kappa shape index (κ1) is 26.9. The molecule has 0 aliphatic carbocycles. The molecule has 0 amide bonds. The van der Waals surface area contributed by atoms with Crippen LogP contribution < -0.4 is 15.9 Å². The molecule has 0 spiro atoms. The summed E-state index contributed by atoms with van der Waals surface area (Å²) < 4.78 is 65.5. The second-order valence-electron chi connectivity index (χ2n) is 7.69. The molecule has 0 fully saturated rings. The van der Waals surface area contributed by atoms with Crippen LogP contribution in [0.4, 0.5) is 25.2 Å². The van der Waals surface area contributed by atoms with Crippen molar-refractivity contribution in [2.24, 2.45) is 0 Å². The first-order valence-corrected chi connectivity index (χ1v) is 14.4. The van der Waals surface area contributed by atoms with Crippen LogP contribution in [0.2, 0.25) is 0 Å². The predicted molar refractivity (Wildman–Crippen MR) is 135 cm³/mol. The average molecular weight is 528 g/mol. The molecule has 0 N–H and O–H groups in total. The molecule has 35 heavy (non-hydrogen) atoms. The molecule has 1 atom stereocenters. The quantitative estimate of drug-likeness (QED) is 0.180. The van der Waals surface area contributed by atoms with E-state index in [4.69, 9.17) is 4.74 Å². The Morgan fingerprint density at radius 3 is 1.03 bits per heavy atom. The number of halogens is 6. The Kier molecular flexibility index (Phi) is 7.48. The van der Waals surface area contributed by atoms with Gasteiger partial charge in [0.05, 0.1) is 0 Å². The summed E-state index contributed by atoms with van der Waals surface area (Å²) in [4.78, 5) is 0. The third-order valence-corrected chi connectivity index (χ3v) is 9.70. The predicted octanol–water partition coefficient (Wildman–Crippen LogP) is 8.71. The number of hydrogen-bond donors (Lipinski definition) is 0. The van der Waals surface area contributed by atoms with Crippen molar-refractivity contribution in [1.82, 2.24) is 0 Å². The second-order valence-corrected chi connectivity index (χ2v) is 13.1. The maximum atomic E-state index is 9.87. The summed E-state index contributed by atoms with van der Waals surface area (Å²) in [6, 6.07) is 43.2. The third-order valence-electron chi connectivity index (χ3n) is 5.15. The molecule has 0 bridgehead atoms. The van der Waals surface area contributed by atoms with E-state index in [0.29, 0.717) is 0 Å². The molecule has 0 saturated heterocycles. The molecule has 9 heteroatoms. The maximum absolute atomic E-state index is 10.7. The summed E-state index contributed by atoms with van der Waals surface area (Å²) >= 11 is 0. The Balaban J connectivity index is 0.000000429. The zero-order valence-electron chi connectivity index (χ0n) is 18.7. The Hall–Kier alpha value is -2.72. The van der Waals surface area contributed by atoms with Crippen LogP contribution in [-0.4, -0.2) is 7.11 Å². The van der Waals surface area contributed by atoms with Gasteiger partial charge in [-0.1, -0.05) is 84.9 Å². The van der Waals surface area contributed by atoms with Crippen LogP contribution >= 0.6 is 15.1 Å². The van der Waals surface area contributed by atoms with Crippen molar-refractivity contribution < 1.29 is 29.9 Å². The van der Waals surface area contributed by atoms with Crippen molar-refractivity contribution in [3.63, 3.8) is 0 Å². The molecule has 0 aromatic heterocycles. The zero-order valence-corrected chi connectivity index (χ0v) is 20.5. The Morgan fingerprint density at radius 2 is 0.771 bits per heavy atom. The van der Waals surface area contributed by atoms with Gasteiger partial charge in [0.25, 0.3) is 0 Å². The molecule has 4 aromatic carbocycles. The van der Waals surface area contributed by atoms with Crippen molar-refractivity contribution in [2.75, 3.05) is 7.11 Å². The van der Waals surface area contributed by atoms with E-state index in [1.807, 2.05) is 7.11 Å². The second kappa shape index (κ2) is 9.73. The zero-order chi connectivity index (χ0) is 25.6. The minimum atomic E-state index is -10.7. The molecular formula is C26H24F6OP2. The van der Waals surface area contributed by atoms with Crippen LogP contribution in [0.1, 0.15) is 11.4 Å². The summed E-state index contributed by atoms with van der Waals surface area (Å²) in [6.45, 7) is 0. The van der Waals surface area contributed by atoms with Crippen LogP contribution in [0.25, 0.3) is 0 Å². The van der Waals surface area contributed by atoms with E-state index in [0.717, 1.165) is 0 Å². The van der Waals surface area contributed by atoms with Crippen molar-refractivity contribution in [1.29, 1.82) is 0 Å². The van der Waals surface area contributed by atoms with Gasteiger partial charge >= 0.3 is 33.0 Å². The molecule has 0 saturated carbocycles. The number of rotatable bonds is 6. The summed E-state index contributed by atoms with van der Waals surface area (Å²) in [5.74, 6) is -0.0686. The molecule has 4 aromatic rings. The summed E-state index contributed by atoms with van der Waals surface area (Å²) in [7, 11) is -10.9. The van der Waals surface area contributed by atoms with Gasteiger partial charge in [-0.15, -0.1) is 0 Å². The Bertz CT molecular complexity index is 1100. The third kappa shape index (κ3) is 7.63. The normalized spacial score (nSPS) is 14.6. The van der Waals surface area contributed by atoms with Gasteiger partial charge < -0.3 is 4.74 Å². The molecule has 4 rings (SSSR count). The van der Waals surface area contributed by atoms with Crippen molar-refractivity contribution >= 4 is 31.0 Å². The van der Waals surface area contributed by atoms with E-state index in [9.17, 15) is 25.2 Å². The fraction of sp³-hybridized carbons (Fsp3) is 0.0769. The summed E-state index contributed by atoms with van der Waals surface area (Å²) in [5.41, 5.74) is 1.20. The minimum absolute atomic E-state index is 0.0686. The van der Waals surface area contributed by atoms with Crippen LogP contribution in [-0.2, 0) is 4.74 Å². The van der Waals surface area contributed by atoms with Crippen molar-refractivity contribution in [2.45, 2.75) is 5.85 Å². The van der Waals surface area contributed by atoms with Gasteiger partial charge in [-0.3, -0.25) is 0 Å². The van der Waals surface area contributed by atoms with Gasteiger partial charge in [0.1, 0.15) is 23.2 Å². The van der Waals surface area contributed by atoms with Crippen LogP contribution in [0.15, 0.2) is 121 Å². The Labute approximate surface area is 201 Å². The van der Waals surface area contributed by atoms with Crippen LogP contribution in [0.3, 0.4) is 0 Å². The van der Waals surface area contributed by atoms with Gasteiger partial charge in [-0.2, -0.15) is 0 Å². The van der Waals surface area contributed by atoms with Gasteiger partial charge in [0.15, 0.2) is 0 Å². The molecule has 0 aliphatic heterocycles. The van der Waals surface area contributed by atoms with E-state index in [1.54, 1.807) is 0 Å². The molecule has 0 radical (unpaired) electrons. The van der Waals surface area contributed by atoms with E-state index < -0.39 is 15.1 Å². The van der Waals surface area contributed by atoms with Gasteiger partial charge in [-0.25, -0.2) is 0 Å². The first-order chi connectivity index (χ1) is 16.3. The molecule has 0 aliphatic rings. The number of ether oxygens (including phenoxy) is 1.